The highest BCUT2D eigenvalue weighted by atomic mass is 79.9. The van der Waals surface area contributed by atoms with E-state index in [9.17, 15) is 8.78 Å². The fraction of sp³-hybridized carbons (Fsp3) is 0.167. The molecule has 1 nitrogen and oxygen atoms in total. The van der Waals surface area contributed by atoms with E-state index in [-0.39, 0.29) is 16.5 Å². The van der Waals surface area contributed by atoms with Gasteiger partial charge in [0, 0.05) is 16.5 Å². The number of thiophene rings is 1. The molecule has 1 unspecified atom stereocenters. The lowest BCUT2D eigenvalue weighted by Gasteiger charge is -2.12. The molecule has 0 aliphatic rings. The predicted molar refractivity (Wildman–Crippen MR) is 74.0 cm³/mol. The molecule has 1 aromatic carbocycles. The Morgan fingerprint density at radius 1 is 1.28 bits per heavy atom. The van der Waals surface area contributed by atoms with Crippen molar-refractivity contribution in [2.24, 2.45) is 5.73 Å². The average Bonchev–Trinajstić information content (AvgIpc) is 2.76. The van der Waals surface area contributed by atoms with E-state index in [2.05, 4.69) is 15.9 Å². The standard InChI is InChI=1S/C12H9BrClF2NS/c13-7-1-2-8(15)6(12(7)16)5-9(17)10-3-4-11(14)18-10/h1-4,9H,5,17H2. The van der Waals surface area contributed by atoms with Gasteiger partial charge in [0.2, 0.25) is 0 Å². The summed E-state index contributed by atoms with van der Waals surface area (Å²) < 4.78 is 28.2. The number of halogens is 4. The fourth-order valence-corrected chi connectivity index (χ4v) is 3.04. The summed E-state index contributed by atoms with van der Waals surface area (Å²) in [6, 6.07) is 5.57. The van der Waals surface area contributed by atoms with Crippen LogP contribution in [-0.2, 0) is 6.42 Å². The van der Waals surface area contributed by atoms with Crippen LogP contribution in [0.3, 0.4) is 0 Å². The van der Waals surface area contributed by atoms with Gasteiger partial charge < -0.3 is 5.73 Å². The minimum atomic E-state index is -0.604. The van der Waals surface area contributed by atoms with E-state index in [4.69, 9.17) is 17.3 Å². The Hall–Kier alpha value is -0.490. The van der Waals surface area contributed by atoms with Crippen LogP contribution in [0.4, 0.5) is 8.78 Å². The van der Waals surface area contributed by atoms with Crippen molar-refractivity contribution in [3.8, 4) is 0 Å². The molecule has 0 fully saturated rings. The lowest BCUT2D eigenvalue weighted by Crippen LogP contribution is -2.14. The van der Waals surface area contributed by atoms with Crippen molar-refractivity contribution in [3.05, 3.63) is 55.1 Å². The summed E-state index contributed by atoms with van der Waals surface area (Å²) in [6.45, 7) is 0. The molecule has 0 aliphatic carbocycles. The van der Waals surface area contributed by atoms with Crippen molar-refractivity contribution < 1.29 is 8.78 Å². The minimum Gasteiger partial charge on any atom is -0.323 e. The van der Waals surface area contributed by atoms with Crippen molar-refractivity contribution in [2.45, 2.75) is 12.5 Å². The first-order valence-corrected chi connectivity index (χ1v) is 7.11. The lowest BCUT2D eigenvalue weighted by atomic mass is 10.0. The van der Waals surface area contributed by atoms with Crippen LogP contribution < -0.4 is 5.73 Å². The summed E-state index contributed by atoms with van der Waals surface area (Å²) in [5, 5.41) is 0. The molecule has 18 heavy (non-hydrogen) atoms. The number of hydrogen-bond acceptors (Lipinski definition) is 2. The summed E-state index contributed by atoms with van der Waals surface area (Å²) in [5.74, 6) is -1.19. The Kier molecular flexibility index (Phi) is 4.37. The van der Waals surface area contributed by atoms with Gasteiger partial charge in [0.15, 0.2) is 0 Å². The van der Waals surface area contributed by atoms with Gasteiger partial charge in [-0.2, -0.15) is 0 Å². The van der Waals surface area contributed by atoms with E-state index in [1.165, 1.54) is 23.5 Å². The highest BCUT2D eigenvalue weighted by Crippen LogP contribution is 2.30. The third-order valence-electron chi connectivity index (χ3n) is 2.52. The molecule has 6 heteroatoms. The van der Waals surface area contributed by atoms with Gasteiger partial charge in [-0.25, -0.2) is 8.78 Å². The van der Waals surface area contributed by atoms with Gasteiger partial charge >= 0.3 is 0 Å². The molecule has 0 aliphatic heterocycles. The SMILES string of the molecule is NC(Cc1c(F)ccc(Br)c1F)c1ccc(Cl)s1. The van der Waals surface area contributed by atoms with Gasteiger partial charge in [0.1, 0.15) is 11.6 Å². The van der Waals surface area contributed by atoms with Crippen LogP contribution in [0.5, 0.6) is 0 Å². The van der Waals surface area contributed by atoms with Crippen LogP contribution >= 0.6 is 38.9 Å². The lowest BCUT2D eigenvalue weighted by molar-refractivity contribution is 0.537. The second-order valence-corrected chi connectivity index (χ2v) is 6.38. The molecule has 96 valence electrons. The first-order valence-electron chi connectivity index (χ1n) is 5.12. The second kappa shape index (κ2) is 5.65. The van der Waals surface area contributed by atoms with E-state index in [0.717, 1.165) is 4.88 Å². The maximum atomic E-state index is 13.8. The fourth-order valence-electron chi connectivity index (χ4n) is 1.60. The molecule has 0 amide bonds. The van der Waals surface area contributed by atoms with Crippen LogP contribution in [0.15, 0.2) is 28.7 Å². The summed E-state index contributed by atoms with van der Waals surface area (Å²) in [7, 11) is 0. The number of rotatable bonds is 3. The molecule has 1 atom stereocenters. The van der Waals surface area contributed by atoms with Crippen molar-refractivity contribution in [1.82, 2.24) is 0 Å². The Labute approximate surface area is 121 Å². The first-order chi connectivity index (χ1) is 8.49. The minimum absolute atomic E-state index is 0.0126. The van der Waals surface area contributed by atoms with E-state index in [0.29, 0.717) is 4.34 Å². The molecule has 0 spiro atoms. The molecule has 1 heterocycles. The number of hydrogen-bond donors (Lipinski definition) is 1. The predicted octanol–water partition coefficient (Wildman–Crippen LogP) is 4.68. The van der Waals surface area contributed by atoms with Gasteiger partial charge in [-0.3, -0.25) is 0 Å². The Bertz CT molecular complexity index is 573. The third-order valence-corrected chi connectivity index (χ3v) is 4.50. The first kappa shape index (κ1) is 13.9. The molecule has 2 rings (SSSR count). The monoisotopic (exact) mass is 351 g/mol. The molecule has 0 radical (unpaired) electrons. The van der Waals surface area contributed by atoms with Crippen LogP contribution in [0.2, 0.25) is 4.34 Å². The summed E-state index contributed by atoms with van der Waals surface area (Å²) >= 11 is 10.1. The summed E-state index contributed by atoms with van der Waals surface area (Å²) in [5.41, 5.74) is 5.92. The maximum Gasteiger partial charge on any atom is 0.143 e. The summed E-state index contributed by atoms with van der Waals surface area (Å²) in [4.78, 5) is 0.804. The van der Waals surface area contributed by atoms with Gasteiger partial charge in [-0.15, -0.1) is 11.3 Å². The normalized spacial score (nSPS) is 12.7. The van der Waals surface area contributed by atoms with Crippen LogP contribution in [-0.4, -0.2) is 0 Å². The van der Waals surface area contributed by atoms with E-state index in [1.807, 2.05) is 0 Å². The van der Waals surface area contributed by atoms with E-state index in [1.54, 1.807) is 12.1 Å². The smallest absolute Gasteiger partial charge is 0.143 e. The quantitative estimate of drug-likeness (QED) is 0.797. The molecule has 0 bridgehead atoms. The zero-order chi connectivity index (χ0) is 13.3. The molecule has 0 saturated heterocycles. The second-order valence-electron chi connectivity index (χ2n) is 3.77. The van der Waals surface area contributed by atoms with Gasteiger partial charge in [-0.05, 0) is 46.6 Å². The summed E-state index contributed by atoms with van der Waals surface area (Å²) in [6.07, 6.45) is 0.0912. The molecule has 2 aromatic rings. The largest absolute Gasteiger partial charge is 0.323 e. The average molecular weight is 353 g/mol. The van der Waals surface area contributed by atoms with E-state index < -0.39 is 17.7 Å². The Balaban J connectivity index is 2.27. The van der Waals surface area contributed by atoms with Gasteiger partial charge in [0.25, 0.3) is 0 Å². The van der Waals surface area contributed by atoms with Gasteiger partial charge in [0.05, 0.1) is 8.81 Å². The van der Waals surface area contributed by atoms with Crippen LogP contribution in [0.1, 0.15) is 16.5 Å². The Morgan fingerprint density at radius 3 is 2.61 bits per heavy atom. The van der Waals surface area contributed by atoms with Crippen LogP contribution in [0.25, 0.3) is 0 Å². The highest BCUT2D eigenvalue weighted by Gasteiger charge is 2.17. The van der Waals surface area contributed by atoms with Crippen molar-refractivity contribution in [3.63, 3.8) is 0 Å². The van der Waals surface area contributed by atoms with Crippen molar-refractivity contribution in [1.29, 1.82) is 0 Å². The van der Waals surface area contributed by atoms with Crippen LogP contribution in [0, 0.1) is 11.6 Å². The zero-order valence-corrected chi connectivity index (χ0v) is 12.2. The molecule has 0 saturated carbocycles. The number of benzene rings is 1. The highest BCUT2D eigenvalue weighted by molar-refractivity contribution is 9.10. The van der Waals surface area contributed by atoms with Gasteiger partial charge in [-0.1, -0.05) is 11.6 Å². The van der Waals surface area contributed by atoms with Crippen molar-refractivity contribution in [2.75, 3.05) is 0 Å². The number of nitrogens with two attached hydrogens (primary N) is 1. The zero-order valence-electron chi connectivity index (χ0n) is 9.09. The maximum absolute atomic E-state index is 13.8. The van der Waals surface area contributed by atoms with Crippen molar-refractivity contribution >= 4 is 38.9 Å². The third kappa shape index (κ3) is 2.91. The van der Waals surface area contributed by atoms with E-state index >= 15 is 0 Å². The molecule has 1 aromatic heterocycles. The molecular formula is C12H9BrClF2NS. The molecule has 2 N–H and O–H groups in total. The molecular weight excluding hydrogens is 344 g/mol. The topological polar surface area (TPSA) is 26.0 Å². The Morgan fingerprint density at radius 2 is 2.00 bits per heavy atom.